The number of hydrogen-bond acceptors (Lipinski definition) is 5. The Morgan fingerprint density at radius 1 is 0.971 bits per heavy atom. The van der Waals surface area contributed by atoms with E-state index in [-0.39, 0.29) is 11.8 Å². The van der Waals surface area contributed by atoms with Crippen LogP contribution in [0.3, 0.4) is 0 Å². The van der Waals surface area contributed by atoms with E-state index >= 15 is 0 Å². The molecule has 174 valence electrons. The minimum Gasteiger partial charge on any atom is -0.497 e. The molecule has 2 aliphatic rings. The first-order valence-electron chi connectivity index (χ1n) is 11.8. The average molecular weight is 456 g/mol. The third-order valence-electron chi connectivity index (χ3n) is 6.54. The third kappa shape index (κ3) is 4.23. The molecule has 1 fully saturated rings. The molecule has 0 aromatic heterocycles. The summed E-state index contributed by atoms with van der Waals surface area (Å²) in [5.41, 5.74) is 2.80. The molecule has 0 saturated carbocycles. The first kappa shape index (κ1) is 22.0. The zero-order valence-electron chi connectivity index (χ0n) is 19.6. The van der Waals surface area contributed by atoms with Crippen molar-refractivity contribution < 1.29 is 14.3 Å². The first-order valence-corrected chi connectivity index (χ1v) is 11.8. The number of nitrogens with zero attached hydrogens (tertiary/aromatic N) is 3. The highest BCUT2D eigenvalue weighted by atomic mass is 16.5. The van der Waals surface area contributed by atoms with E-state index in [9.17, 15) is 4.79 Å². The van der Waals surface area contributed by atoms with Crippen LogP contribution in [0.25, 0.3) is 0 Å². The summed E-state index contributed by atoms with van der Waals surface area (Å²) in [6.07, 6.45) is 0.791. The molecule has 1 atom stereocenters. The summed E-state index contributed by atoms with van der Waals surface area (Å²) in [6, 6.07) is 23.7. The summed E-state index contributed by atoms with van der Waals surface area (Å²) in [5.74, 6) is 3.14. The van der Waals surface area contributed by atoms with Crippen molar-refractivity contribution in [2.45, 2.75) is 19.3 Å². The number of benzene rings is 3. The molecule has 3 aromatic carbocycles. The van der Waals surface area contributed by atoms with Gasteiger partial charge in [-0.2, -0.15) is 0 Å². The zero-order valence-corrected chi connectivity index (χ0v) is 19.6. The molecular formula is C28H29N3O3. The van der Waals surface area contributed by atoms with Gasteiger partial charge in [-0.3, -0.25) is 4.79 Å². The van der Waals surface area contributed by atoms with E-state index in [2.05, 4.69) is 11.8 Å². The number of hydrogen-bond donors (Lipinski definition) is 0. The number of ether oxygens (including phenoxy) is 2. The monoisotopic (exact) mass is 455 g/mol. The highest BCUT2D eigenvalue weighted by Crippen LogP contribution is 2.39. The average Bonchev–Trinajstić information content (AvgIpc) is 3.06. The maximum atomic E-state index is 13.3. The molecule has 0 bridgehead atoms. The predicted molar refractivity (Wildman–Crippen MR) is 133 cm³/mol. The van der Waals surface area contributed by atoms with Crippen LogP contribution in [-0.2, 0) is 4.79 Å². The normalized spacial score (nSPS) is 15.9. The largest absolute Gasteiger partial charge is 0.497 e. The molecule has 0 aliphatic carbocycles. The second-order valence-corrected chi connectivity index (χ2v) is 8.55. The Morgan fingerprint density at radius 2 is 1.71 bits per heavy atom. The fraction of sp³-hybridized carbons (Fsp3) is 0.286. The minimum atomic E-state index is -0.101. The molecular weight excluding hydrogens is 426 g/mol. The Bertz CT molecular complexity index is 1200. The van der Waals surface area contributed by atoms with E-state index in [0.29, 0.717) is 26.2 Å². The van der Waals surface area contributed by atoms with Crippen molar-refractivity contribution in [2.24, 2.45) is 4.99 Å². The number of amidine groups is 1. The lowest BCUT2D eigenvalue weighted by molar-refractivity contribution is -0.134. The van der Waals surface area contributed by atoms with Crippen molar-refractivity contribution in [1.82, 2.24) is 9.80 Å². The quantitative estimate of drug-likeness (QED) is 0.541. The van der Waals surface area contributed by atoms with Crippen molar-refractivity contribution >= 4 is 17.4 Å². The highest BCUT2D eigenvalue weighted by Gasteiger charge is 2.30. The SMILES string of the molecule is CC[C@@H](C(=O)N1CCN(C2=Nc3ccccc3Oc3cc(OC)ccc32)CC1)c1ccccc1. The molecule has 0 radical (unpaired) electrons. The number of piperazine rings is 1. The van der Waals surface area contributed by atoms with E-state index in [1.807, 2.05) is 77.7 Å². The predicted octanol–water partition coefficient (Wildman–Crippen LogP) is 5.22. The van der Waals surface area contributed by atoms with Crippen LogP contribution < -0.4 is 9.47 Å². The third-order valence-corrected chi connectivity index (χ3v) is 6.54. The van der Waals surface area contributed by atoms with Crippen LogP contribution in [0.4, 0.5) is 5.69 Å². The lowest BCUT2D eigenvalue weighted by atomic mass is 9.94. The van der Waals surface area contributed by atoms with Gasteiger partial charge in [-0.25, -0.2) is 4.99 Å². The van der Waals surface area contributed by atoms with Gasteiger partial charge in [-0.1, -0.05) is 49.4 Å². The van der Waals surface area contributed by atoms with Crippen LogP contribution in [0, 0.1) is 0 Å². The molecule has 6 nitrogen and oxygen atoms in total. The van der Waals surface area contributed by atoms with E-state index < -0.39 is 0 Å². The molecule has 1 amide bonds. The second-order valence-electron chi connectivity index (χ2n) is 8.55. The van der Waals surface area contributed by atoms with E-state index in [4.69, 9.17) is 14.5 Å². The number of amides is 1. The van der Waals surface area contributed by atoms with Crippen LogP contribution in [0.1, 0.15) is 30.4 Å². The van der Waals surface area contributed by atoms with Crippen LogP contribution in [0.5, 0.6) is 17.2 Å². The number of carbonyl (C=O) groups excluding carboxylic acids is 1. The van der Waals surface area contributed by atoms with Crippen LogP contribution >= 0.6 is 0 Å². The summed E-state index contributed by atoms with van der Waals surface area (Å²) >= 11 is 0. The number of aliphatic imine (C=N–C) groups is 1. The van der Waals surface area contributed by atoms with Gasteiger partial charge in [0, 0.05) is 32.2 Å². The molecule has 5 rings (SSSR count). The van der Waals surface area contributed by atoms with E-state index in [0.717, 1.165) is 46.3 Å². The van der Waals surface area contributed by atoms with Gasteiger partial charge in [-0.15, -0.1) is 0 Å². The number of rotatable bonds is 4. The fourth-order valence-corrected chi connectivity index (χ4v) is 4.67. The van der Waals surface area contributed by atoms with Gasteiger partial charge in [0.25, 0.3) is 0 Å². The molecule has 0 spiro atoms. The Hall–Kier alpha value is -3.80. The zero-order chi connectivity index (χ0) is 23.5. The second kappa shape index (κ2) is 9.59. The standard InChI is InChI=1S/C28H29N3O3/c1-3-22(20-9-5-4-6-10-20)28(32)31-17-15-30(16-18-31)27-23-14-13-21(33-2)19-26(23)34-25-12-8-7-11-24(25)29-27/h4-14,19,22H,3,15-18H2,1-2H3/t22-/m1/s1. The van der Waals surface area contributed by atoms with Crippen molar-refractivity contribution in [3.63, 3.8) is 0 Å². The Morgan fingerprint density at radius 3 is 2.44 bits per heavy atom. The minimum absolute atomic E-state index is 0.101. The summed E-state index contributed by atoms with van der Waals surface area (Å²) in [7, 11) is 1.65. The Kier molecular flexibility index (Phi) is 6.21. The van der Waals surface area contributed by atoms with Crippen LogP contribution in [0.15, 0.2) is 77.8 Å². The summed E-state index contributed by atoms with van der Waals surface area (Å²) in [4.78, 5) is 22.6. The molecule has 0 unspecified atom stereocenters. The summed E-state index contributed by atoms with van der Waals surface area (Å²) < 4.78 is 11.7. The van der Waals surface area contributed by atoms with Crippen molar-refractivity contribution in [3.05, 3.63) is 83.9 Å². The number of methoxy groups -OCH3 is 1. The number of carbonyl (C=O) groups is 1. The molecule has 3 aromatic rings. The molecule has 2 heterocycles. The molecule has 34 heavy (non-hydrogen) atoms. The summed E-state index contributed by atoms with van der Waals surface area (Å²) in [6.45, 7) is 4.83. The Balaban J connectivity index is 1.39. The van der Waals surface area contributed by atoms with Gasteiger partial charge in [0.05, 0.1) is 18.6 Å². The van der Waals surface area contributed by atoms with E-state index in [1.165, 1.54) is 0 Å². The summed E-state index contributed by atoms with van der Waals surface area (Å²) in [5, 5.41) is 0. The van der Waals surface area contributed by atoms with Gasteiger partial charge in [-0.05, 0) is 36.2 Å². The highest BCUT2D eigenvalue weighted by molar-refractivity contribution is 6.04. The maximum absolute atomic E-state index is 13.3. The van der Waals surface area contributed by atoms with Crippen LogP contribution in [-0.4, -0.2) is 54.8 Å². The van der Waals surface area contributed by atoms with Crippen molar-refractivity contribution in [2.75, 3.05) is 33.3 Å². The first-order chi connectivity index (χ1) is 16.7. The van der Waals surface area contributed by atoms with Crippen molar-refractivity contribution in [3.8, 4) is 17.2 Å². The lowest BCUT2D eigenvalue weighted by Gasteiger charge is -2.38. The van der Waals surface area contributed by atoms with E-state index in [1.54, 1.807) is 7.11 Å². The van der Waals surface area contributed by atoms with Gasteiger partial charge >= 0.3 is 0 Å². The van der Waals surface area contributed by atoms with Gasteiger partial charge in [0.1, 0.15) is 23.0 Å². The van der Waals surface area contributed by atoms with Gasteiger partial charge < -0.3 is 19.3 Å². The number of fused-ring (bicyclic) bond motifs is 2. The van der Waals surface area contributed by atoms with Gasteiger partial charge in [0.2, 0.25) is 5.91 Å². The fourth-order valence-electron chi connectivity index (χ4n) is 4.67. The van der Waals surface area contributed by atoms with Crippen molar-refractivity contribution in [1.29, 1.82) is 0 Å². The molecule has 1 saturated heterocycles. The lowest BCUT2D eigenvalue weighted by Crippen LogP contribution is -2.51. The topological polar surface area (TPSA) is 54.4 Å². The van der Waals surface area contributed by atoms with Gasteiger partial charge in [0.15, 0.2) is 5.75 Å². The smallest absolute Gasteiger partial charge is 0.230 e. The molecule has 0 N–H and O–H groups in total. The Labute approximate surface area is 200 Å². The molecule has 2 aliphatic heterocycles. The maximum Gasteiger partial charge on any atom is 0.230 e. The van der Waals surface area contributed by atoms with Crippen LogP contribution in [0.2, 0.25) is 0 Å². The molecule has 6 heteroatoms. The number of para-hydroxylation sites is 2.